The van der Waals surface area contributed by atoms with Gasteiger partial charge in [0.15, 0.2) is 0 Å². The van der Waals surface area contributed by atoms with Gasteiger partial charge in [-0.25, -0.2) is 13.8 Å². The van der Waals surface area contributed by atoms with Gasteiger partial charge in [0, 0.05) is 17.2 Å². The van der Waals surface area contributed by atoms with E-state index in [1.807, 2.05) is 32.3 Å². The van der Waals surface area contributed by atoms with Gasteiger partial charge in [-0.1, -0.05) is 0 Å². The van der Waals surface area contributed by atoms with Gasteiger partial charge in [-0.05, 0) is 39.8 Å². The van der Waals surface area contributed by atoms with Crippen LogP contribution in [-0.4, -0.2) is 9.55 Å². The predicted octanol–water partition coefficient (Wildman–Crippen LogP) is 3.47. The molecule has 0 aliphatic carbocycles. The van der Waals surface area contributed by atoms with Crippen LogP contribution in [-0.2, 0) is 5.54 Å². The van der Waals surface area contributed by atoms with Crippen molar-refractivity contribution >= 4 is 5.82 Å². The number of benzene rings is 1. The summed E-state index contributed by atoms with van der Waals surface area (Å²) in [6.45, 7) is 7.80. The van der Waals surface area contributed by atoms with Crippen LogP contribution < -0.4 is 5.73 Å². The maximum Gasteiger partial charge on any atom is 0.132 e. The monoisotopic (exact) mass is 265 g/mol. The SMILES string of the molecule is Cc1nc(-c2cc(F)cc(F)c2)c(N)n1C(C)(C)C. The quantitative estimate of drug-likeness (QED) is 0.858. The van der Waals surface area contributed by atoms with Crippen molar-refractivity contribution in [3.63, 3.8) is 0 Å². The van der Waals surface area contributed by atoms with Crippen molar-refractivity contribution in [3.05, 3.63) is 35.7 Å². The average Bonchev–Trinajstić information content (AvgIpc) is 2.51. The summed E-state index contributed by atoms with van der Waals surface area (Å²) in [7, 11) is 0. The number of aryl methyl sites for hydroxylation is 1. The Morgan fingerprint density at radius 3 is 2.05 bits per heavy atom. The molecule has 0 unspecified atom stereocenters. The normalized spacial score (nSPS) is 11.9. The van der Waals surface area contributed by atoms with Gasteiger partial charge in [-0.3, -0.25) is 0 Å². The molecule has 0 bridgehead atoms. The largest absolute Gasteiger partial charge is 0.383 e. The zero-order valence-corrected chi connectivity index (χ0v) is 11.5. The third-order valence-corrected chi connectivity index (χ3v) is 2.89. The molecule has 1 heterocycles. The maximum absolute atomic E-state index is 13.3. The number of anilines is 1. The summed E-state index contributed by atoms with van der Waals surface area (Å²) in [5, 5.41) is 0. The van der Waals surface area contributed by atoms with Gasteiger partial charge in [0.2, 0.25) is 0 Å². The van der Waals surface area contributed by atoms with Gasteiger partial charge >= 0.3 is 0 Å². The number of nitrogen functional groups attached to an aromatic ring is 1. The number of rotatable bonds is 1. The minimum atomic E-state index is -0.641. The Hall–Kier alpha value is -1.91. The molecule has 0 saturated heterocycles. The van der Waals surface area contributed by atoms with Crippen LogP contribution in [0.2, 0.25) is 0 Å². The standard InChI is InChI=1S/C14H17F2N3/c1-8-18-12(13(17)19(8)14(2,3)4)9-5-10(15)7-11(16)6-9/h5-7H,17H2,1-4H3. The second kappa shape index (κ2) is 4.33. The number of nitrogens with two attached hydrogens (primary N) is 1. The Bertz CT molecular complexity index is 604. The Morgan fingerprint density at radius 1 is 1.11 bits per heavy atom. The first-order valence-electron chi connectivity index (χ1n) is 6.02. The second-order valence-electron chi connectivity index (χ2n) is 5.56. The first-order valence-corrected chi connectivity index (χ1v) is 6.02. The molecule has 0 radical (unpaired) electrons. The van der Waals surface area contributed by atoms with E-state index in [0.717, 1.165) is 6.07 Å². The van der Waals surface area contributed by atoms with E-state index in [1.54, 1.807) is 0 Å². The van der Waals surface area contributed by atoms with E-state index in [4.69, 9.17) is 5.73 Å². The van der Waals surface area contributed by atoms with Gasteiger partial charge in [0.05, 0.1) is 0 Å². The Morgan fingerprint density at radius 2 is 1.63 bits per heavy atom. The highest BCUT2D eigenvalue weighted by atomic mass is 19.1. The van der Waals surface area contributed by atoms with Crippen molar-refractivity contribution in [1.82, 2.24) is 9.55 Å². The summed E-state index contributed by atoms with van der Waals surface area (Å²) in [6.07, 6.45) is 0. The van der Waals surface area contributed by atoms with Crippen LogP contribution >= 0.6 is 0 Å². The number of imidazole rings is 1. The van der Waals surface area contributed by atoms with Crippen LogP contribution in [0.4, 0.5) is 14.6 Å². The Labute approximate surface area is 111 Å². The summed E-state index contributed by atoms with van der Waals surface area (Å²) >= 11 is 0. The van der Waals surface area contributed by atoms with Crippen LogP contribution in [0.3, 0.4) is 0 Å². The molecule has 0 saturated carbocycles. The van der Waals surface area contributed by atoms with Crippen molar-refractivity contribution in [2.45, 2.75) is 33.2 Å². The molecule has 5 heteroatoms. The lowest BCUT2D eigenvalue weighted by Gasteiger charge is -2.24. The predicted molar refractivity (Wildman–Crippen MR) is 71.7 cm³/mol. The molecule has 0 atom stereocenters. The highest BCUT2D eigenvalue weighted by Crippen LogP contribution is 2.31. The zero-order valence-electron chi connectivity index (χ0n) is 11.5. The summed E-state index contributed by atoms with van der Waals surface area (Å²) < 4.78 is 28.4. The lowest BCUT2D eigenvalue weighted by molar-refractivity contribution is 0.393. The summed E-state index contributed by atoms with van der Waals surface area (Å²) in [5.41, 5.74) is 6.59. The minimum absolute atomic E-state index is 0.245. The summed E-state index contributed by atoms with van der Waals surface area (Å²) in [5.74, 6) is -0.158. The number of nitrogens with zero attached hydrogens (tertiary/aromatic N) is 2. The molecule has 2 N–H and O–H groups in total. The van der Waals surface area contributed by atoms with Crippen molar-refractivity contribution in [1.29, 1.82) is 0 Å². The highest BCUT2D eigenvalue weighted by Gasteiger charge is 2.23. The zero-order chi connectivity index (χ0) is 14.4. The summed E-state index contributed by atoms with van der Waals surface area (Å²) in [4.78, 5) is 4.33. The third-order valence-electron chi connectivity index (χ3n) is 2.89. The number of aromatic nitrogens is 2. The third kappa shape index (κ3) is 2.45. The van der Waals surface area contributed by atoms with E-state index in [1.165, 1.54) is 12.1 Å². The lowest BCUT2D eigenvalue weighted by atomic mass is 10.1. The van der Waals surface area contributed by atoms with Crippen LogP contribution in [0.5, 0.6) is 0 Å². The Balaban J connectivity index is 2.65. The van der Waals surface area contributed by atoms with Crippen molar-refractivity contribution < 1.29 is 8.78 Å². The smallest absolute Gasteiger partial charge is 0.132 e. The molecule has 2 rings (SSSR count). The van der Waals surface area contributed by atoms with Gasteiger partial charge in [-0.15, -0.1) is 0 Å². The molecule has 1 aromatic carbocycles. The number of hydrogen-bond acceptors (Lipinski definition) is 2. The highest BCUT2D eigenvalue weighted by molar-refractivity contribution is 5.71. The molecule has 3 nitrogen and oxygen atoms in total. The van der Waals surface area contributed by atoms with Crippen LogP contribution in [0.25, 0.3) is 11.3 Å². The van der Waals surface area contributed by atoms with Crippen LogP contribution in [0.15, 0.2) is 18.2 Å². The molecular weight excluding hydrogens is 248 g/mol. The first kappa shape index (κ1) is 13.5. The van der Waals surface area contributed by atoms with E-state index < -0.39 is 11.6 Å². The molecule has 0 spiro atoms. The molecular formula is C14H17F2N3. The van der Waals surface area contributed by atoms with Gasteiger partial charge in [0.1, 0.15) is 29.0 Å². The maximum atomic E-state index is 13.3. The molecule has 0 aliphatic heterocycles. The fourth-order valence-corrected chi connectivity index (χ4v) is 2.30. The van der Waals surface area contributed by atoms with E-state index in [9.17, 15) is 8.78 Å². The molecule has 19 heavy (non-hydrogen) atoms. The van der Waals surface area contributed by atoms with E-state index in [-0.39, 0.29) is 5.54 Å². The molecule has 0 aliphatic rings. The second-order valence-corrected chi connectivity index (χ2v) is 5.56. The number of halogens is 2. The first-order chi connectivity index (χ1) is 8.70. The minimum Gasteiger partial charge on any atom is -0.383 e. The van der Waals surface area contributed by atoms with E-state index in [2.05, 4.69) is 4.98 Å². The van der Waals surface area contributed by atoms with Crippen molar-refractivity contribution in [3.8, 4) is 11.3 Å². The Kier molecular flexibility index (Phi) is 3.08. The van der Waals surface area contributed by atoms with Gasteiger partial charge in [0.25, 0.3) is 0 Å². The molecule has 0 fully saturated rings. The van der Waals surface area contributed by atoms with Gasteiger partial charge in [-0.2, -0.15) is 0 Å². The van der Waals surface area contributed by atoms with Crippen LogP contribution in [0.1, 0.15) is 26.6 Å². The lowest BCUT2D eigenvalue weighted by Crippen LogP contribution is -2.24. The molecule has 0 amide bonds. The van der Waals surface area contributed by atoms with E-state index >= 15 is 0 Å². The van der Waals surface area contributed by atoms with Gasteiger partial charge < -0.3 is 10.3 Å². The molecule has 1 aromatic heterocycles. The topological polar surface area (TPSA) is 43.8 Å². The fraction of sp³-hybridized carbons (Fsp3) is 0.357. The molecule has 2 aromatic rings. The van der Waals surface area contributed by atoms with Crippen molar-refractivity contribution in [2.24, 2.45) is 0 Å². The average molecular weight is 265 g/mol. The molecule has 102 valence electrons. The van der Waals surface area contributed by atoms with Crippen LogP contribution in [0, 0.1) is 18.6 Å². The fourth-order valence-electron chi connectivity index (χ4n) is 2.30. The van der Waals surface area contributed by atoms with E-state index in [0.29, 0.717) is 22.9 Å². The van der Waals surface area contributed by atoms with Crippen molar-refractivity contribution in [2.75, 3.05) is 5.73 Å². The number of hydrogen-bond donors (Lipinski definition) is 1. The summed E-state index contributed by atoms with van der Waals surface area (Å²) in [6, 6.07) is 3.29.